The van der Waals surface area contributed by atoms with E-state index in [1.54, 1.807) is 29.2 Å². The maximum atomic E-state index is 12.3. The van der Waals surface area contributed by atoms with Gasteiger partial charge in [-0.15, -0.1) is 11.3 Å². The summed E-state index contributed by atoms with van der Waals surface area (Å²) >= 11 is 3.21. The Morgan fingerprint density at radius 3 is 2.63 bits per heavy atom. The highest BCUT2D eigenvalue weighted by Crippen LogP contribution is 2.36. The average Bonchev–Trinajstić information content (AvgIpc) is 3.09. The Balaban J connectivity index is 1.70. The molecule has 2 aromatic carbocycles. The summed E-state index contributed by atoms with van der Waals surface area (Å²) in [4.78, 5) is 4.61. The van der Waals surface area contributed by atoms with Crippen LogP contribution in [0.15, 0.2) is 52.9 Å². The molecule has 1 aromatic heterocycles. The van der Waals surface area contributed by atoms with Crippen LogP contribution in [-0.4, -0.2) is 19.2 Å². The summed E-state index contributed by atoms with van der Waals surface area (Å²) in [7, 11) is -3.59. The SMILES string of the molecule is CCCCCCS(=O)(=O)Oc1cccc2sc(SCc3ccccc3)nc12. The zero-order valence-corrected chi connectivity index (χ0v) is 17.7. The van der Waals surface area contributed by atoms with E-state index >= 15 is 0 Å². The number of fused-ring (bicyclic) bond motifs is 1. The van der Waals surface area contributed by atoms with Gasteiger partial charge in [0.2, 0.25) is 0 Å². The summed E-state index contributed by atoms with van der Waals surface area (Å²) in [5.41, 5.74) is 1.85. The fourth-order valence-electron chi connectivity index (χ4n) is 2.64. The van der Waals surface area contributed by atoms with E-state index in [1.807, 2.05) is 30.3 Å². The molecule has 144 valence electrons. The minimum Gasteiger partial charge on any atom is -0.380 e. The molecule has 0 saturated heterocycles. The largest absolute Gasteiger partial charge is 0.380 e. The first kappa shape index (κ1) is 20.2. The second kappa shape index (κ2) is 9.57. The molecule has 0 aliphatic carbocycles. The van der Waals surface area contributed by atoms with Gasteiger partial charge in [-0.3, -0.25) is 0 Å². The molecular formula is C20H23NO3S3. The summed E-state index contributed by atoms with van der Waals surface area (Å²) in [6, 6.07) is 15.6. The van der Waals surface area contributed by atoms with Crippen molar-refractivity contribution in [2.45, 2.75) is 42.7 Å². The second-order valence-corrected chi connectivity index (χ2v) is 10.2. The van der Waals surface area contributed by atoms with Crippen molar-refractivity contribution in [3.05, 3.63) is 54.1 Å². The molecule has 1 heterocycles. The van der Waals surface area contributed by atoms with Crippen LogP contribution in [0.4, 0.5) is 0 Å². The molecule has 0 atom stereocenters. The Kier molecular flexibility index (Phi) is 7.15. The van der Waals surface area contributed by atoms with Crippen molar-refractivity contribution in [2.24, 2.45) is 0 Å². The highest BCUT2D eigenvalue weighted by Gasteiger charge is 2.17. The van der Waals surface area contributed by atoms with Crippen molar-refractivity contribution in [1.82, 2.24) is 4.98 Å². The Hall–Kier alpha value is -1.57. The van der Waals surface area contributed by atoms with E-state index in [0.29, 0.717) is 17.7 Å². The van der Waals surface area contributed by atoms with Gasteiger partial charge in [-0.25, -0.2) is 4.98 Å². The van der Waals surface area contributed by atoms with Gasteiger partial charge in [0.1, 0.15) is 5.52 Å². The molecule has 0 fully saturated rings. The van der Waals surface area contributed by atoms with Crippen LogP contribution in [0.3, 0.4) is 0 Å². The zero-order chi connectivity index (χ0) is 19.1. The van der Waals surface area contributed by atoms with Crippen LogP contribution >= 0.6 is 23.1 Å². The van der Waals surface area contributed by atoms with Crippen molar-refractivity contribution >= 4 is 43.4 Å². The predicted octanol–water partition coefficient (Wildman–Crippen LogP) is 5.88. The van der Waals surface area contributed by atoms with Gasteiger partial charge in [0.25, 0.3) is 0 Å². The number of aromatic nitrogens is 1. The van der Waals surface area contributed by atoms with Crippen LogP contribution in [0.1, 0.15) is 38.2 Å². The van der Waals surface area contributed by atoms with Crippen LogP contribution in [0, 0.1) is 0 Å². The third kappa shape index (κ3) is 5.96. The number of nitrogens with zero attached hydrogens (tertiary/aromatic N) is 1. The molecule has 0 N–H and O–H groups in total. The molecule has 7 heteroatoms. The Bertz CT molecular complexity index is 969. The lowest BCUT2D eigenvalue weighted by atomic mass is 10.2. The van der Waals surface area contributed by atoms with Crippen molar-refractivity contribution < 1.29 is 12.6 Å². The predicted molar refractivity (Wildman–Crippen MR) is 114 cm³/mol. The fourth-order valence-corrected chi connectivity index (χ4v) is 5.72. The number of hydrogen-bond donors (Lipinski definition) is 0. The Labute approximate surface area is 169 Å². The molecule has 3 aromatic rings. The van der Waals surface area contributed by atoms with E-state index in [0.717, 1.165) is 34.1 Å². The van der Waals surface area contributed by atoms with Gasteiger partial charge in [-0.2, -0.15) is 8.42 Å². The number of rotatable bonds is 10. The lowest BCUT2D eigenvalue weighted by Gasteiger charge is -2.07. The van der Waals surface area contributed by atoms with Crippen LogP contribution < -0.4 is 4.18 Å². The van der Waals surface area contributed by atoms with Crippen LogP contribution in [0.5, 0.6) is 5.75 Å². The van der Waals surface area contributed by atoms with Crippen LogP contribution in [0.25, 0.3) is 10.2 Å². The quantitative estimate of drug-likeness (QED) is 0.232. The average molecular weight is 422 g/mol. The minimum atomic E-state index is -3.59. The van der Waals surface area contributed by atoms with E-state index in [4.69, 9.17) is 4.18 Å². The van der Waals surface area contributed by atoms with Gasteiger partial charge < -0.3 is 4.18 Å². The van der Waals surface area contributed by atoms with Gasteiger partial charge in [0.15, 0.2) is 10.1 Å². The Morgan fingerprint density at radius 1 is 1.04 bits per heavy atom. The van der Waals surface area contributed by atoms with E-state index in [2.05, 4.69) is 24.0 Å². The molecule has 27 heavy (non-hydrogen) atoms. The van der Waals surface area contributed by atoms with Gasteiger partial charge >= 0.3 is 10.1 Å². The molecule has 0 aliphatic heterocycles. The molecule has 3 rings (SSSR count). The van der Waals surface area contributed by atoms with Crippen LogP contribution in [-0.2, 0) is 15.9 Å². The van der Waals surface area contributed by atoms with E-state index in [9.17, 15) is 8.42 Å². The normalized spacial score (nSPS) is 11.7. The smallest absolute Gasteiger partial charge is 0.309 e. The third-order valence-electron chi connectivity index (χ3n) is 4.03. The first-order chi connectivity index (χ1) is 13.1. The van der Waals surface area contributed by atoms with E-state index in [1.165, 1.54) is 5.56 Å². The summed E-state index contributed by atoms with van der Waals surface area (Å²) in [5, 5.41) is 0. The molecule has 4 nitrogen and oxygen atoms in total. The minimum absolute atomic E-state index is 0.0448. The number of thioether (sulfide) groups is 1. The highest BCUT2D eigenvalue weighted by atomic mass is 32.2. The Morgan fingerprint density at radius 2 is 1.85 bits per heavy atom. The molecule has 0 spiro atoms. The summed E-state index contributed by atoms with van der Waals surface area (Å²) in [5.74, 6) is 1.20. The number of thiazole rings is 1. The molecule has 0 amide bonds. The van der Waals surface area contributed by atoms with Gasteiger partial charge in [-0.05, 0) is 24.1 Å². The molecule has 0 unspecified atom stereocenters. The van der Waals surface area contributed by atoms with Crippen molar-refractivity contribution in [2.75, 3.05) is 5.75 Å². The van der Waals surface area contributed by atoms with Crippen molar-refractivity contribution in [3.63, 3.8) is 0 Å². The topological polar surface area (TPSA) is 56.3 Å². The van der Waals surface area contributed by atoms with E-state index in [-0.39, 0.29) is 5.75 Å². The third-order valence-corrected chi connectivity index (χ3v) is 7.49. The number of hydrogen-bond acceptors (Lipinski definition) is 6. The fraction of sp³-hybridized carbons (Fsp3) is 0.350. The first-order valence-electron chi connectivity index (χ1n) is 9.06. The van der Waals surface area contributed by atoms with E-state index < -0.39 is 10.1 Å². The second-order valence-electron chi connectivity index (χ2n) is 6.26. The zero-order valence-electron chi connectivity index (χ0n) is 15.3. The number of para-hydroxylation sites is 1. The molecule has 0 radical (unpaired) electrons. The van der Waals surface area contributed by atoms with Crippen molar-refractivity contribution in [1.29, 1.82) is 0 Å². The first-order valence-corrected chi connectivity index (χ1v) is 12.4. The lowest BCUT2D eigenvalue weighted by Crippen LogP contribution is -2.14. The monoisotopic (exact) mass is 421 g/mol. The van der Waals surface area contributed by atoms with Crippen molar-refractivity contribution in [3.8, 4) is 5.75 Å². The maximum Gasteiger partial charge on any atom is 0.309 e. The summed E-state index contributed by atoms with van der Waals surface area (Å²) in [6.45, 7) is 2.10. The van der Waals surface area contributed by atoms with Gasteiger partial charge in [0.05, 0.1) is 10.5 Å². The molecule has 0 bridgehead atoms. The lowest BCUT2D eigenvalue weighted by molar-refractivity contribution is 0.484. The summed E-state index contributed by atoms with van der Waals surface area (Å²) < 4.78 is 31.8. The van der Waals surface area contributed by atoms with Gasteiger partial charge in [-0.1, -0.05) is 74.3 Å². The molecular weight excluding hydrogens is 398 g/mol. The summed E-state index contributed by atoms with van der Waals surface area (Å²) in [6.07, 6.45) is 3.64. The number of unbranched alkanes of at least 4 members (excludes halogenated alkanes) is 3. The maximum absolute atomic E-state index is 12.3. The highest BCUT2D eigenvalue weighted by molar-refractivity contribution is 8.00. The molecule has 0 aliphatic rings. The van der Waals surface area contributed by atoms with Crippen LogP contribution in [0.2, 0.25) is 0 Å². The van der Waals surface area contributed by atoms with Gasteiger partial charge in [0, 0.05) is 5.75 Å². The molecule has 0 saturated carbocycles. The number of benzene rings is 2. The standard InChI is InChI=1S/C20H23NO3S3/c1-2-3-4-8-14-27(22,23)24-17-12-9-13-18-19(17)21-20(26-18)25-15-16-10-6-5-7-11-16/h5-7,9-13H,2-4,8,14-15H2,1H3.